The number of pyridine rings is 1. The van der Waals surface area contributed by atoms with Crippen molar-refractivity contribution in [2.45, 2.75) is 41.5 Å². The van der Waals surface area contributed by atoms with E-state index in [0.29, 0.717) is 0 Å². The molecule has 0 N–H and O–H groups in total. The van der Waals surface area contributed by atoms with Gasteiger partial charge in [0.25, 0.3) is 0 Å². The summed E-state index contributed by atoms with van der Waals surface area (Å²) in [5.74, 6) is 0. The molecule has 1 heterocycles. The fourth-order valence-electron chi connectivity index (χ4n) is 5.15. The third-order valence-corrected chi connectivity index (χ3v) is 6.26. The zero-order chi connectivity index (χ0) is 22.1. The fourth-order valence-corrected chi connectivity index (χ4v) is 5.15. The molecule has 0 saturated carbocycles. The number of aromatic nitrogens is 1. The molecule has 1 aromatic heterocycles. The quantitative estimate of drug-likeness (QED) is 0.299. The minimum absolute atomic E-state index is 0. The molecule has 3 heteroatoms. The Kier molecular flexibility index (Phi) is 7.54. The maximum Gasteiger partial charge on any atom is 0.242 e. The van der Waals surface area contributed by atoms with E-state index in [-0.39, 0.29) is 26.8 Å². The van der Waals surface area contributed by atoms with E-state index in [9.17, 15) is 0 Å². The molecule has 1 nitrogen and oxygen atoms in total. The van der Waals surface area contributed by atoms with Crippen molar-refractivity contribution in [1.29, 1.82) is 0 Å². The van der Waals surface area contributed by atoms with Crippen LogP contribution in [-0.4, -0.2) is 11.7 Å². The summed E-state index contributed by atoms with van der Waals surface area (Å²) in [6.45, 7) is 13.6. The molecule has 0 aliphatic heterocycles. The Morgan fingerprint density at radius 3 is 1.47 bits per heavy atom. The van der Waals surface area contributed by atoms with Gasteiger partial charge in [0.05, 0.1) is 5.69 Å². The van der Waals surface area contributed by atoms with Crippen LogP contribution >= 0.6 is 0 Å². The molecule has 32 heavy (non-hydrogen) atoms. The minimum Gasteiger partial charge on any atom is -0.256 e. The molecular weight excluding hydrogens is 565 g/mol. The van der Waals surface area contributed by atoms with Gasteiger partial charge in [-0.05, 0) is 53.7 Å². The van der Waals surface area contributed by atoms with Crippen molar-refractivity contribution in [3.63, 3.8) is 0 Å². The average Bonchev–Trinajstić information content (AvgIpc) is 2.72. The summed E-state index contributed by atoms with van der Waals surface area (Å²) < 4.78 is 0. The SMILES string of the molecule is Cc1cc(C)c(B(c2ccc(-c3ccccn3)cc2)c2c(C)cc(C)cc2C)c(C)c1.[Ir]. The Morgan fingerprint density at radius 2 is 1.06 bits per heavy atom. The van der Waals surface area contributed by atoms with Crippen molar-refractivity contribution in [3.8, 4) is 11.3 Å². The third kappa shape index (κ3) is 4.80. The largest absolute Gasteiger partial charge is 0.256 e. The monoisotopic (exact) mass is 596 g/mol. The first kappa shape index (κ1) is 24.2. The van der Waals surface area contributed by atoms with Gasteiger partial charge in [-0.3, -0.25) is 4.98 Å². The second kappa shape index (κ2) is 9.98. The number of aryl methyl sites for hydroxylation is 6. The number of hydrogen-bond acceptors (Lipinski definition) is 1. The Labute approximate surface area is 206 Å². The van der Waals surface area contributed by atoms with Crippen LogP contribution in [0.5, 0.6) is 0 Å². The number of hydrogen-bond donors (Lipinski definition) is 0. The van der Waals surface area contributed by atoms with Crippen LogP contribution in [0.15, 0.2) is 72.9 Å². The summed E-state index contributed by atoms with van der Waals surface area (Å²) in [5.41, 5.74) is 14.4. The molecule has 0 amide bonds. The molecule has 163 valence electrons. The van der Waals surface area contributed by atoms with Crippen LogP contribution < -0.4 is 16.4 Å². The van der Waals surface area contributed by atoms with Gasteiger partial charge in [0.2, 0.25) is 6.71 Å². The maximum atomic E-state index is 4.52. The standard InChI is InChI=1S/C29H30BN.Ir/c1-19-15-21(3)28(22(4)16-19)30(29-23(5)17-20(2)18-24(29)6)26-12-10-25(11-13-26)27-9-7-8-14-31-27;/h7-18H,1-6H3;. The minimum atomic E-state index is 0. The molecule has 0 atom stereocenters. The molecule has 4 rings (SSSR count). The molecule has 0 spiro atoms. The average molecular weight is 596 g/mol. The normalized spacial score (nSPS) is 10.6. The van der Waals surface area contributed by atoms with Crippen LogP contribution in [0.1, 0.15) is 33.4 Å². The first-order valence-electron chi connectivity index (χ1n) is 11.0. The van der Waals surface area contributed by atoms with Gasteiger partial charge in [-0.1, -0.05) is 104 Å². The first-order chi connectivity index (χ1) is 14.8. The Bertz CT molecular complexity index is 1130. The Morgan fingerprint density at radius 1 is 0.594 bits per heavy atom. The van der Waals surface area contributed by atoms with E-state index in [1.165, 1.54) is 49.8 Å². The van der Waals surface area contributed by atoms with Gasteiger partial charge in [-0.25, -0.2) is 0 Å². The molecule has 0 aliphatic rings. The van der Waals surface area contributed by atoms with Gasteiger partial charge >= 0.3 is 0 Å². The number of nitrogens with zero attached hydrogens (tertiary/aromatic N) is 1. The summed E-state index contributed by atoms with van der Waals surface area (Å²) in [6.07, 6.45) is 1.85. The summed E-state index contributed by atoms with van der Waals surface area (Å²) in [5, 5.41) is 0. The van der Waals surface area contributed by atoms with Crippen LogP contribution in [0, 0.1) is 41.5 Å². The fraction of sp³-hybridized carbons (Fsp3) is 0.207. The number of benzene rings is 3. The molecule has 0 unspecified atom stereocenters. The smallest absolute Gasteiger partial charge is 0.242 e. The van der Waals surface area contributed by atoms with Crippen molar-refractivity contribution >= 4 is 23.1 Å². The van der Waals surface area contributed by atoms with Gasteiger partial charge in [-0.2, -0.15) is 0 Å². The van der Waals surface area contributed by atoms with Gasteiger partial charge in [0.15, 0.2) is 0 Å². The molecule has 0 fully saturated rings. The summed E-state index contributed by atoms with van der Waals surface area (Å²) in [4.78, 5) is 4.52. The molecular formula is C29H30BIrN. The van der Waals surface area contributed by atoms with Crippen LogP contribution in [0.2, 0.25) is 0 Å². The van der Waals surface area contributed by atoms with E-state index in [4.69, 9.17) is 0 Å². The topological polar surface area (TPSA) is 12.9 Å². The van der Waals surface area contributed by atoms with Crippen molar-refractivity contribution in [2.75, 3.05) is 0 Å². The van der Waals surface area contributed by atoms with Gasteiger partial charge in [-0.15, -0.1) is 0 Å². The van der Waals surface area contributed by atoms with Crippen LogP contribution in [0.4, 0.5) is 0 Å². The van der Waals surface area contributed by atoms with Gasteiger partial charge in [0.1, 0.15) is 0 Å². The zero-order valence-corrected chi connectivity index (χ0v) is 22.2. The van der Waals surface area contributed by atoms with Crippen LogP contribution in [0.25, 0.3) is 11.3 Å². The van der Waals surface area contributed by atoms with E-state index < -0.39 is 0 Å². The first-order valence-corrected chi connectivity index (χ1v) is 11.0. The van der Waals surface area contributed by atoms with E-state index in [2.05, 4.69) is 101 Å². The van der Waals surface area contributed by atoms with E-state index in [0.717, 1.165) is 11.3 Å². The van der Waals surface area contributed by atoms with Crippen molar-refractivity contribution in [1.82, 2.24) is 4.98 Å². The molecule has 0 bridgehead atoms. The second-order valence-electron chi connectivity index (χ2n) is 8.89. The predicted octanol–water partition coefficient (Wildman–Crippen LogP) is 5.11. The third-order valence-electron chi connectivity index (χ3n) is 6.26. The summed E-state index contributed by atoms with van der Waals surface area (Å²) in [6, 6.07) is 24.3. The molecule has 3 aromatic carbocycles. The van der Waals surface area contributed by atoms with Gasteiger partial charge in [0, 0.05) is 31.9 Å². The molecule has 0 saturated heterocycles. The number of rotatable bonds is 4. The van der Waals surface area contributed by atoms with Crippen molar-refractivity contribution in [2.24, 2.45) is 0 Å². The summed E-state index contributed by atoms with van der Waals surface area (Å²) in [7, 11) is 0. The van der Waals surface area contributed by atoms with Crippen molar-refractivity contribution in [3.05, 3.63) is 106 Å². The zero-order valence-electron chi connectivity index (χ0n) is 19.8. The van der Waals surface area contributed by atoms with Crippen LogP contribution in [0.3, 0.4) is 0 Å². The van der Waals surface area contributed by atoms with Crippen LogP contribution in [-0.2, 0) is 20.1 Å². The Balaban J connectivity index is 0.00000289. The molecule has 0 aliphatic carbocycles. The second-order valence-corrected chi connectivity index (χ2v) is 8.89. The molecule has 4 aromatic rings. The van der Waals surface area contributed by atoms with Crippen molar-refractivity contribution < 1.29 is 20.1 Å². The predicted molar refractivity (Wildman–Crippen MR) is 136 cm³/mol. The van der Waals surface area contributed by atoms with Gasteiger partial charge < -0.3 is 0 Å². The Hall–Kier alpha value is -2.48. The van der Waals surface area contributed by atoms with E-state index >= 15 is 0 Å². The maximum absolute atomic E-state index is 4.52. The summed E-state index contributed by atoms with van der Waals surface area (Å²) >= 11 is 0. The molecule has 1 radical (unpaired) electrons. The van der Waals surface area contributed by atoms with E-state index in [1.54, 1.807) is 0 Å². The van der Waals surface area contributed by atoms with E-state index in [1.807, 2.05) is 18.3 Å².